The van der Waals surface area contributed by atoms with Crippen molar-refractivity contribution in [3.05, 3.63) is 79.1 Å². The Labute approximate surface area is 204 Å². The molecule has 0 saturated carbocycles. The molecule has 0 spiro atoms. The van der Waals surface area contributed by atoms with E-state index in [-0.39, 0.29) is 5.91 Å². The summed E-state index contributed by atoms with van der Waals surface area (Å²) in [4.78, 5) is 21.6. The predicted molar refractivity (Wildman–Crippen MR) is 138 cm³/mol. The lowest BCUT2D eigenvalue weighted by molar-refractivity contribution is -0.111. The lowest BCUT2D eigenvalue weighted by atomic mass is 10.1. The lowest BCUT2D eigenvalue weighted by Crippen LogP contribution is -2.47. The normalized spacial score (nSPS) is 14.1. The molecule has 1 aliphatic rings. The predicted octanol–water partition coefficient (Wildman–Crippen LogP) is 4.45. The van der Waals surface area contributed by atoms with E-state index in [1.807, 2.05) is 61.1 Å². The summed E-state index contributed by atoms with van der Waals surface area (Å²) in [6, 6.07) is 16.0. The quantitative estimate of drug-likeness (QED) is 0.421. The van der Waals surface area contributed by atoms with Crippen molar-refractivity contribution in [2.24, 2.45) is 7.05 Å². The molecule has 0 bridgehead atoms. The average Bonchev–Trinajstić information content (AvgIpc) is 3.22. The second kappa shape index (κ2) is 9.69. The maximum Gasteiger partial charge on any atom is 0.247 e. The summed E-state index contributed by atoms with van der Waals surface area (Å²) >= 11 is 0. The molecule has 1 N–H and O–H groups in total. The molecule has 4 aromatic rings. The van der Waals surface area contributed by atoms with E-state index < -0.39 is 0 Å². The zero-order chi connectivity index (χ0) is 24.4. The van der Waals surface area contributed by atoms with Gasteiger partial charge in [-0.1, -0.05) is 30.8 Å². The number of ether oxygens (including phenoxy) is 1. The minimum absolute atomic E-state index is 0.237. The number of nitrogens with one attached hydrogen (secondary N) is 1. The first-order valence-corrected chi connectivity index (χ1v) is 11.6. The average molecular weight is 469 g/mol. The minimum Gasteiger partial charge on any atom is -0.379 e. The van der Waals surface area contributed by atoms with Gasteiger partial charge in [0.25, 0.3) is 0 Å². The van der Waals surface area contributed by atoms with Crippen LogP contribution in [0, 0.1) is 6.92 Å². The fourth-order valence-electron chi connectivity index (χ4n) is 4.38. The van der Waals surface area contributed by atoms with Crippen molar-refractivity contribution < 1.29 is 9.53 Å². The lowest BCUT2D eigenvalue weighted by Gasteiger charge is -2.37. The highest BCUT2D eigenvalue weighted by Crippen LogP contribution is 2.34. The van der Waals surface area contributed by atoms with Gasteiger partial charge in [0.2, 0.25) is 11.9 Å². The van der Waals surface area contributed by atoms with Crippen LogP contribution in [0.25, 0.3) is 22.2 Å². The molecule has 1 fully saturated rings. The Kier molecular flexibility index (Phi) is 6.31. The summed E-state index contributed by atoms with van der Waals surface area (Å²) < 4.78 is 7.63. The van der Waals surface area contributed by atoms with Crippen LogP contribution in [0.2, 0.25) is 0 Å². The second-order valence-corrected chi connectivity index (χ2v) is 8.49. The van der Waals surface area contributed by atoms with Crippen molar-refractivity contribution in [1.29, 1.82) is 0 Å². The van der Waals surface area contributed by atoms with Crippen molar-refractivity contribution in [3.63, 3.8) is 0 Å². The van der Waals surface area contributed by atoms with Crippen molar-refractivity contribution in [2.45, 2.75) is 6.92 Å². The first-order chi connectivity index (χ1) is 17.0. The van der Waals surface area contributed by atoms with Crippen molar-refractivity contribution in [2.75, 3.05) is 36.6 Å². The first kappa shape index (κ1) is 22.8. The molecule has 8 nitrogen and oxygen atoms in total. The monoisotopic (exact) mass is 468 g/mol. The van der Waals surface area contributed by atoms with E-state index in [2.05, 4.69) is 40.2 Å². The summed E-state index contributed by atoms with van der Waals surface area (Å²) in [5.41, 5.74) is 5.59. The zero-order valence-corrected chi connectivity index (χ0v) is 19.9. The van der Waals surface area contributed by atoms with Crippen LogP contribution >= 0.6 is 0 Å². The summed E-state index contributed by atoms with van der Waals surface area (Å²) in [5, 5.41) is 8.19. The van der Waals surface area contributed by atoms with E-state index in [4.69, 9.17) is 14.7 Å². The van der Waals surface area contributed by atoms with Crippen molar-refractivity contribution >= 4 is 34.1 Å². The number of hydrazine groups is 1. The number of nitrogens with zero attached hydrogens (tertiary/aromatic N) is 5. The number of amides is 1. The minimum atomic E-state index is -0.237. The molecule has 2 aromatic carbocycles. The number of fused-ring (bicyclic) bond motifs is 1. The number of carbonyl (C=O) groups excluding carboxylic acids is 1. The summed E-state index contributed by atoms with van der Waals surface area (Å²) in [5.74, 6) is 0.379. The van der Waals surface area contributed by atoms with Gasteiger partial charge in [-0.15, -0.1) is 0 Å². The molecule has 3 heterocycles. The number of hydrogen-bond acceptors (Lipinski definition) is 6. The summed E-state index contributed by atoms with van der Waals surface area (Å²) in [7, 11) is 1.99. The fraction of sp³-hybridized carbons (Fsp3) is 0.222. The molecule has 1 saturated heterocycles. The molecule has 35 heavy (non-hydrogen) atoms. The van der Waals surface area contributed by atoms with Crippen LogP contribution in [0.5, 0.6) is 0 Å². The number of aryl methyl sites for hydroxylation is 2. The van der Waals surface area contributed by atoms with Crippen LogP contribution in [0.3, 0.4) is 0 Å². The van der Waals surface area contributed by atoms with Gasteiger partial charge >= 0.3 is 0 Å². The van der Waals surface area contributed by atoms with Crippen LogP contribution in [0.1, 0.15) is 5.56 Å². The van der Waals surface area contributed by atoms with Crippen LogP contribution in [-0.4, -0.2) is 51.8 Å². The number of anilines is 3. The van der Waals surface area contributed by atoms with E-state index in [1.54, 1.807) is 0 Å². The van der Waals surface area contributed by atoms with Gasteiger partial charge in [-0.25, -0.2) is 20.0 Å². The number of carbonyl (C=O) groups is 1. The number of hydrogen-bond donors (Lipinski definition) is 1. The Morgan fingerprint density at radius 3 is 2.69 bits per heavy atom. The third-order valence-electron chi connectivity index (χ3n) is 6.12. The standard InChI is InChI=1S/C27H28N6O2/c1-4-25(34)29-20-10-11-22-23(18-31(3)24(22)16-20)26-19(2)17-28-27(30-26)33(21-8-6-5-7-9-21)32-12-14-35-15-13-32/h4-11,16-18H,1,12-15H2,2-3H3,(H,29,34). The van der Waals surface area contributed by atoms with E-state index in [0.717, 1.165) is 52.2 Å². The smallest absolute Gasteiger partial charge is 0.247 e. The van der Waals surface area contributed by atoms with E-state index >= 15 is 0 Å². The SMILES string of the molecule is C=CC(=O)Nc1ccc2c(-c3nc(N(c4ccccc4)N4CCOCC4)ncc3C)cn(C)c2c1. The van der Waals surface area contributed by atoms with Crippen LogP contribution in [0.4, 0.5) is 17.3 Å². The zero-order valence-electron chi connectivity index (χ0n) is 19.9. The van der Waals surface area contributed by atoms with E-state index in [0.29, 0.717) is 19.2 Å². The summed E-state index contributed by atoms with van der Waals surface area (Å²) in [6.07, 6.45) is 5.22. The van der Waals surface area contributed by atoms with E-state index in [1.165, 1.54) is 6.08 Å². The van der Waals surface area contributed by atoms with Crippen LogP contribution in [-0.2, 0) is 16.6 Å². The van der Waals surface area contributed by atoms with Gasteiger partial charge in [-0.3, -0.25) is 4.79 Å². The van der Waals surface area contributed by atoms with Gasteiger partial charge in [0.15, 0.2) is 0 Å². The topological polar surface area (TPSA) is 75.5 Å². The largest absolute Gasteiger partial charge is 0.379 e. The molecule has 2 aromatic heterocycles. The molecule has 0 atom stereocenters. The molecule has 0 unspecified atom stereocenters. The highest BCUT2D eigenvalue weighted by Gasteiger charge is 2.24. The Hall–Kier alpha value is -4.01. The maximum atomic E-state index is 11.8. The van der Waals surface area contributed by atoms with Crippen LogP contribution < -0.4 is 10.3 Å². The molecule has 8 heteroatoms. The van der Waals surface area contributed by atoms with Crippen LogP contribution in [0.15, 0.2) is 73.6 Å². The van der Waals surface area contributed by atoms with Gasteiger partial charge in [-0.2, -0.15) is 0 Å². The third kappa shape index (κ3) is 4.53. The van der Waals surface area contributed by atoms with Gasteiger partial charge < -0.3 is 14.6 Å². The van der Waals surface area contributed by atoms with Crippen molar-refractivity contribution in [3.8, 4) is 11.3 Å². The number of benzene rings is 2. The Morgan fingerprint density at radius 1 is 1.17 bits per heavy atom. The van der Waals surface area contributed by atoms with Crippen molar-refractivity contribution in [1.82, 2.24) is 19.5 Å². The number of rotatable bonds is 6. The van der Waals surface area contributed by atoms with Gasteiger partial charge in [0.1, 0.15) is 0 Å². The Balaban J connectivity index is 1.59. The number of aromatic nitrogens is 3. The van der Waals surface area contributed by atoms with Gasteiger partial charge in [0, 0.05) is 49.2 Å². The van der Waals surface area contributed by atoms with Gasteiger partial charge in [-0.05, 0) is 42.8 Å². The fourth-order valence-corrected chi connectivity index (χ4v) is 4.38. The summed E-state index contributed by atoms with van der Waals surface area (Å²) in [6.45, 7) is 8.39. The molecule has 0 radical (unpaired) electrons. The third-order valence-corrected chi connectivity index (χ3v) is 6.12. The molecule has 5 rings (SSSR count). The maximum absolute atomic E-state index is 11.8. The number of morpholine rings is 1. The molecule has 1 amide bonds. The highest BCUT2D eigenvalue weighted by atomic mass is 16.5. The molecule has 178 valence electrons. The Morgan fingerprint density at radius 2 is 1.94 bits per heavy atom. The first-order valence-electron chi connectivity index (χ1n) is 11.6. The molecular weight excluding hydrogens is 440 g/mol. The van der Waals surface area contributed by atoms with Gasteiger partial charge in [0.05, 0.1) is 30.1 Å². The molecular formula is C27H28N6O2. The number of para-hydroxylation sites is 1. The molecule has 0 aliphatic carbocycles. The molecule has 1 aliphatic heterocycles. The van der Waals surface area contributed by atoms with E-state index in [9.17, 15) is 4.79 Å². The highest BCUT2D eigenvalue weighted by molar-refractivity contribution is 6.02. The second-order valence-electron chi connectivity index (χ2n) is 8.49. The Bertz CT molecular complexity index is 1380.